The lowest BCUT2D eigenvalue weighted by Crippen LogP contribution is -2.68. The molecule has 9 aromatic rings. The lowest BCUT2D eigenvalue weighted by Gasteiger charge is -2.48. The number of anilines is 3. The fourth-order valence-electron chi connectivity index (χ4n) is 13.7. The van der Waals surface area contributed by atoms with Crippen molar-refractivity contribution >= 4 is 107 Å². The lowest BCUT2D eigenvalue weighted by atomic mass is 9.29. The maximum Gasteiger partial charge on any atom is 0.252 e. The normalized spacial score (nSPS) is 15.2. The Labute approximate surface area is 449 Å². The van der Waals surface area contributed by atoms with Gasteiger partial charge in [-0.3, -0.25) is 0 Å². The molecular weight excluding hydrogens is 904 g/mol. The molecule has 75 heavy (non-hydrogen) atoms. The van der Waals surface area contributed by atoms with Gasteiger partial charge in [-0.05, 0) is 170 Å². The maximum absolute atomic E-state index is 2.81. The van der Waals surface area contributed by atoms with E-state index in [1.54, 1.807) is 0 Å². The van der Waals surface area contributed by atoms with Gasteiger partial charge in [0.1, 0.15) is 0 Å². The van der Waals surface area contributed by atoms with Crippen molar-refractivity contribution in [2.24, 2.45) is 0 Å². The SMILES string of the molecule is CC(C)(C)c1cc2c3c(c1)B1c4c(cc(C(C)(C)C)cc4-n4c5ccc(C(C)(C)C)cc5c5cc(C(C)(C)C)cc1c54)N3c1cc(C(C)(C)C)cc3c1B2c1cc(C(C)(C)C)cc2c4cc(C(C)(C)C)ccc4n-3c12. The zero-order valence-electron chi connectivity index (χ0n) is 49.2. The van der Waals surface area contributed by atoms with Crippen molar-refractivity contribution in [2.75, 3.05) is 4.90 Å². The van der Waals surface area contributed by atoms with Crippen LogP contribution in [0.1, 0.15) is 184 Å². The van der Waals surface area contributed by atoms with Crippen LogP contribution >= 0.6 is 0 Å². The molecule has 0 saturated heterocycles. The van der Waals surface area contributed by atoms with E-state index in [-0.39, 0.29) is 51.3 Å². The fraction of sp³-hybridized carbons (Fsp3) is 0.400. The highest BCUT2D eigenvalue weighted by molar-refractivity contribution is 7.04. The Balaban J connectivity index is 1.26. The first-order chi connectivity index (χ1) is 34.6. The standard InChI is InChI=1S/C70H79B2N3/c1-64(2,3)38-22-24-53-45(26-38)47-28-40(66(7,8)9)30-49-61(47)73(53)55-34-43(69(16,17)18)36-57-59(55)71(49)51-32-42(68(13,14)15)33-52-63(51)75(57)58-37-44(70(19,20)21)35-56-60(58)72(52)50-31-41(67(10,11)12)29-48-46-27-39(65(4,5)6)23-25-54(46)74(56)62(48)50/h22-37H,1-21H3. The molecule has 0 bridgehead atoms. The Hall–Kier alpha value is -5.93. The summed E-state index contributed by atoms with van der Waals surface area (Å²) < 4.78 is 5.41. The largest absolute Gasteiger partial charge is 0.312 e. The van der Waals surface area contributed by atoms with Crippen LogP contribution in [0.3, 0.4) is 0 Å². The monoisotopic (exact) mass is 984 g/mol. The molecule has 0 aliphatic carbocycles. The van der Waals surface area contributed by atoms with E-state index >= 15 is 0 Å². The van der Waals surface area contributed by atoms with Gasteiger partial charge in [0.15, 0.2) is 0 Å². The van der Waals surface area contributed by atoms with Crippen LogP contribution in [0.4, 0.5) is 17.1 Å². The maximum atomic E-state index is 2.81. The van der Waals surface area contributed by atoms with E-state index in [4.69, 9.17) is 0 Å². The smallest absolute Gasteiger partial charge is 0.252 e. The Morgan fingerprint density at radius 2 is 0.560 bits per heavy atom. The second kappa shape index (κ2) is 14.5. The number of hydrogen-bond donors (Lipinski definition) is 0. The summed E-state index contributed by atoms with van der Waals surface area (Å²) in [6.07, 6.45) is 0. The third-order valence-electron chi connectivity index (χ3n) is 18.3. The minimum absolute atomic E-state index is 0.0105. The number of fused-ring (bicyclic) bond motifs is 14. The topological polar surface area (TPSA) is 13.1 Å². The van der Waals surface area contributed by atoms with Crippen LogP contribution in [-0.4, -0.2) is 22.6 Å². The van der Waals surface area contributed by atoms with Crippen LogP contribution in [0.15, 0.2) is 97.1 Å². The summed E-state index contributed by atoms with van der Waals surface area (Å²) in [6, 6.07) is 40.9. The van der Waals surface area contributed by atoms with Crippen LogP contribution in [0, 0.1) is 0 Å². The third-order valence-corrected chi connectivity index (χ3v) is 18.3. The first kappa shape index (κ1) is 48.7. The van der Waals surface area contributed by atoms with Crippen molar-refractivity contribution < 1.29 is 0 Å². The van der Waals surface area contributed by atoms with E-state index in [0.717, 1.165) is 0 Å². The van der Waals surface area contributed by atoms with Gasteiger partial charge in [0.05, 0.1) is 11.0 Å². The third kappa shape index (κ3) is 6.73. The summed E-state index contributed by atoms with van der Waals surface area (Å²) in [5.41, 5.74) is 29.8. The first-order valence-corrected chi connectivity index (χ1v) is 28.2. The predicted octanol–water partition coefficient (Wildman–Crippen LogP) is 14.7. The molecule has 7 aromatic carbocycles. The van der Waals surface area contributed by atoms with Crippen molar-refractivity contribution in [1.82, 2.24) is 9.13 Å². The minimum Gasteiger partial charge on any atom is -0.312 e. The zero-order valence-corrected chi connectivity index (χ0v) is 49.2. The molecular formula is C70H79B2N3. The predicted molar refractivity (Wildman–Crippen MR) is 330 cm³/mol. The zero-order chi connectivity index (χ0) is 53.7. The van der Waals surface area contributed by atoms with Crippen LogP contribution in [0.5, 0.6) is 0 Å². The number of rotatable bonds is 0. The van der Waals surface area contributed by atoms with Gasteiger partial charge >= 0.3 is 0 Å². The average Bonchev–Trinajstić information content (AvgIpc) is 3.95. The fourth-order valence-corrected chi connectivity index (χ4v) is 13.7. The Morgan fingerprint density at radius 1 is 0.280 bits per heavy atom. The second-order valence-electron chi connectivity index (χ2n) is 30.9. The number of hydrogen-bond acceptors (Lipinski definition) is 1. The molecule has 4 aliphatic heterocycles. The highest BCUT2D eigenvalue weighted by atomic mass is 15.2. The minimum atomic E-state index is -0.118. The van der Waals surface area contributed by atoms with Gasteiger partial charge in [-0.1, -0.05) is 182 Å². The molecule has 0 radical (unpaired) electrons. The van der Waals surface area contributed by atoms with E-state index in [9.17, 15) is 0 Å². The Morgan fingerprint density at radius 3 is 0.893 bits per heavy atom. The van der Waals surface area contributed by atoms with Crippen LogP contribution in [-0.2, 0) is 37.9 Å². The van der Waals surface area contributed by atoms with E-state index in [0.29, 0.717) is 0 Å². The van der Waals surface area contributed by atoms with Crippen LogP contribution in [0.2, 0.25) is 0 Å². The van der Waals surface area contributed by atoms with Gasteiger partial charge in [-0.2, -0.15) is 0 Å². The van der Waals surface area contributed by atoms with Gasteiger partial charge in [0.25, 0.3) is 13.4 Å². The molecule has 0 unspecified atom stereocenters. The molecule has 13 rings (SSSR count). The molecule has 6 heterocycles. The molecule has 0 spiro atoms. The average molecular weight is 984 g/mol. The van der Waals surface area contributed by atoms with Crippen molar-refractivity contribution in [2.45, 2.75) is 183 Å². The summed E-state index contributed by atoms with van der Waals surface area (Å²) in [5.74, 6) is 0. The lowest BCUT2D eigenvalue weighted by molar-refractivity contribution is 0.589. The van der Waals surface area contributed by atoms with Gasteiger partial charge in [-0.25, -0.2) is 0 Å². The van der Waals surface area contributed by atoms with Crippen LogP contribution < -0.4 is 37.7 Å². The molecule has 0 amide bonds. The molecule has 5 heteroatoms. The molecule has 0 fully saturated rings. The summed E-state index contributed by atoms with van der Waals surface area (Å²) >= 11 is 0. The van der Waals surface area contributed by atoms with E-state index in [1.165, 1.54) is 144 Å². The second-order valence-corrected chi connectivity index (χ2v) is 30.9. The van der Waals surface area contributed by atoms with Crippen molar-refractivity contribution in [3.05, 3.63) is 136 Å². The van der Waals surface area contributed by atoms with Gasteiger partial charge in [0.2, 0.25) is 0 Å². The van der Waals surface area contributed by atoms with Crippen LogP contribution in [0.25, 0.3) is 55.0 Å². The highest BCUT2D eigenvalue weighted by Gasteiger charge is 2.51. The van der Waals surface area contributed by atoms with E-state index in [2.05, 4.69) is 256 Å². The summed E-state index contributed by atoms with van der Waals surface area (Å²) in [7, 11) is 0. The summed E-state index contributed by atoms with van der Waals surface area (Å²) in [4.78, 5) is 2.81. The number of nitrogens with zero attached hydrogens (tertiary/aromatic N) is 3. The summed E-state index contributed by atoms with van der Waals surface area (Å²) in [5, 5.41) is 5.45. The molecule has 0 N–H and O–H groups in total. The molecule has 2 aromatic heterocycles. The van der Waals surface area contributed by atoms with Gasteiger partial charge in [-0.15, -0.1) is 0 Å². The van der Waals surface area contributed by atoms with Gasteiger partial charge in [0, 0.05) is 61.0 Å². The summed E-state index contributed by atoms with van der Waals surface area (Å²) in [6.45, 7) is 50.4. The molecule has 4 aliphatic rings. The van der Waals surface area contributed by atoms with Crippen molar-refractivity contribution in [3.8, 4) is 11.4 Å². The molecule has 3 nitrogen and oxygen atoms in total. The number of aromatic nitrogens is 2. The molecule has 0 saturated carbocycles. The Bertz CT molecular complexity index is 3790. The molecule has 380 valence electrons. The quantitative estimate of drug-likeness (QED) is 0.138. The van der Waals surface area contributed by atoms with E-state index in [1.807, 2.05) is 0 Å². The number of benzene rings is 7. The van der Waals surface area contributed by atoms with Gasteiger partial charge < -0.3 is 14.0 Å². The highest BCUT2D eigenvalue weighted by Crippen LogP contribution is 2.49. The first-order valence-electron chi connectivity index (χ1n) is 28.2. The van der Waals surface area contributed by atoms with Crippen molar-refractivity contribution in [3.63, 3.8) is 0 Å². The van der Waals surface area contributed by atoms with Crippen molar-refractivity contribution in [1.29, 1.82) is 0 Å². The molecule has 0 atom stereocenters. The van der Waals surface area contributed by atoms with E-state index < -0.39 is 0 Å². The Kier molecular flexibility index (Phi) is 9.45.